The van der Waals surface area contributed by atoms with E-state index in [0.717, 1.165) is 37.9 Å². The maximum Gasteiger partial charge on any atom is 0.278 e. The Balaban J connectivity index is 1.97. The number of carbonyl (C=O) groups is 1. The first-order chi connectivity index (χ1) is 14.7. The van der Waals surface area contributed by atoms with Gasteiger partial charge < -0.3 is 15.0 Å². The zero-order valence-electron chi connectivity index (χ0n) is 19.9. The van der Waals surface area contributed by atoms with Crippen LogP contribution in [0.25, 0.3) is 5.69 Å². The molecule has 0 spiro atoms. The van der Waals surface area contributed by atoms with Gasteiger partial charge in [-0.3, -0.25) is 4.79 Å². The maximum atomic E-state index is 13.9. The van der Waals surface area contributed by atoms with Crippen LogP contribution in [0.15, 0.2) is 36.5 Å². The standard InChI is InChI=1S/C25H38N4O2/c1-7-9-15-28(20-16-24(3,4)27-25(5,6)17-20)23(30)22-21(31-8-2)18-29(26-22)19-13-11-10-12-14-19/h10-14,18,20,27H,7-9,15-17H2,1-6H3. The molecule has 1 aliphatic heterocycles. The molecule has 0 radical (unpaired) electrons. The van der Waals surface area contributed by atoms with Gasteiger partial charge in [0.15, 0.2) is 11.4 Å². The van der Waals surface area contributed by atoms with Crippen LogP contribution in [-0.4, -0.2) is 50.9 Å². The summed E-state index contributed by atoms with van der Waals surface area (Å²) in [6, 6.07) is 10.0. The Morgan fingerprint density at radius 1 is 1.16 bits per heavy atom. The van der Waals surface area contributed by atoms with Crippen LogP contribution in [0.1, 0.15) is 77.7 Å². The van der Waals surface area contributed by atoms with Gasteiger partial charge in [-0.2, -0.15) is 5.10 Å². The molecular weight excluding hydrogens is 388 g/mol. The number of hydrogen-bond donors (Lipinski definition) is 1. The van der Waals surface area contributed by atoms with Gasteiger partial charge in [0.05, 0.1) is 18.5 Å². The predicted molar refractivity (Wildman–Crippen MR) is 125 cm³/mol. The van der Waals surface area contributed by atoms with Gasteiger partial charge in [-0.25, -0.2) is 4.68 Å². The van der Waals surface area contributed by atoms with Gasteiger partial charge in [-0.05, 0) is 66.0 Å². The number of piperidine rings is 1. The van der Waals surface area contributed by atoms with Gasteiger partial charge in [0, 0.05) is 23.7 Å². The van der Waals surface area contributed by atoms with E-state index in [0.29, 0.717) is 18.1 Å². The number of unbranched alkanes of at least 4 members (excludes halogenated alkanes) is 1. The second kappa shape index (κ2) is 9.43. The zero-order valence-corrected chi connectivity index (χ0v) is 19.9. The third kappa shape index (κ3) is 5.67. The van der Waals surface area contributed by atoms with E-state index in [1.807, 2.05) is 48.4 Å². The van der Waals surface area contributed by atoms with Crippen LogP contribution in [0.5, 0.6) is 5.75 Å². The molecule has 2 aromatic rings. The SMILES string of the molecule is CCCCN(C(=O)c1nn(-c2ccccc2)cc1OCC)C1CC(C)(C)NC(C)(C)C1. The molecule has 6 heteroatoms. The fourth-order valence-electron chi connectivity index (χ4n) is 4.88. The Morgan fingerprint density at radius 2 is 1.81 bits per heavy atom. The third-order valence-corrected chi connectivity index (χ3v) is 5.83. The number of amides is 1. The fourth-order valence-corrected chi connectivity index (χ4v) is 4.88. The monoisotopic (exact) mass is 426 g/mol. The lowest BCUT2D eigenvalue weighted by atomic mass is 9.79. The van der Waals surface area contributed by atoms with Crippen molar-refractivity contribution in [2.24, 2.45) is 0 Å². The molecule has 1 aromatic carbocycles. The van der Waals surface area contributed by atoms with Crippen LogP contribution in [0.4, 0.5) is 0 Å². The minimum Gasteiger partial charge on any atom is -0.490 e. The van der Waals surface area contributed by atoms with E-state index >= 15 is 0 Å². The summed E-state index contributed by atoms with van der Waals surface area (Å²) < 4.78 is 7.58. The molecule has 0 saturated carbocycles. The molecule has 31 heavy (non-hydrogen) atoms. The molecule has 1 fully saturated rings. The van der Waals surface area contributed by atoms with Crippen molar-refractivity contribution in [3.8, 4) is 11.4 Å². The van der Waals surface area contributed by atoms with Crippen LogP contribution >= 0.6 is 0 Å². The molecule has 1 aliphatic rings. The first kappa shape index (κ1) is 23.3. The fraction of sp³-hybridized carbons (Fsp3) is 0.600. The van der Waals surface area contributed by atoms with Crippen molar-refractivity contribution < 1.29 is 9.53 Å². The zero-order chi connectivity index (χ0) is 22.6. The summed E-state index contributed by atoms with van der Waals surface area (Å²) in [6.07, 6.45) is 5.66. The summed E-state index contributed by atoms with van der Waals surface area (Å²) in [4.78, 5) is 15.9. The summed E-state index contributed by atoms with van der Waals surface area (Å²) in [5.74, 6) is 0.510. The van der Waals surface area contributed by atoms with Crippen molar-refractivity contribution in [2.45, 2.75) is 84.3 Å². The smallest absolute Gasteiger partial charge is 0.278 e. The number of para-hydroxylation sites is 1. The summed E-state index contributed by atoms with van der Waals surface area (Å²) >= 11 is 0. The first-order valence-electron chi connectivity index (χ1n) is 11.5. The number of ether oxygens (including phenoxy) is 1. The topological polar surface area (TPSA) is 59.4 Å². The molecule has 1 N–H and O–H groups in total. The van der Waals surface area contributed by atoms with E-state index in [9.17, 15) is 4.79 Å². The van der Waals surface area contributed by atoms with Crippen molar-refractivity contribution in [3.05, 3.63) is 42.2 Å². The second-order valence-electron chi connectivity index (χ2n) is 9.86. The first-order valence-corrected chi connectivity index (χ1v) is 11.5. The number of nitrogens with zero attached hydrogens (tertiary/aromatic N) is 3. The number of carbonyl (C=O) groups excluding carboxylic acids is 1. The molecule has 3 rings (SSSR count). The average molecular weight is 427 g/mol. The Morgan fingerprint density at radius 3 is 2.39 bits per heavy atom. The molecule has 2 heterocycles. The Hall–Kier alpha value is -2.34. The predicted octanol–water partition coefficient (Wildman–Crippen LogP) is 4.82. The lowest BCUT2D eigenvalue weighted by molar-refractivity contribution is 0.0433. The van der Waals surface area contributed by atoms with Gasteiger partial charge in [0.1, 0.15) is 0 Å². The highest BCUT2D eigenvalue weighted by molar-refractivity contribution is 5.95. The van der Waals surface area contributed by atoms with Gasteiger partial charge in [-0.15, -0.1) is 0 Å². The summed E-state index contributed by atoms with van der Waals surface area (Å²) in [6.45, 7) is 14.2. The molecule has 1 saturated heterocycles. The normalized spacial score (nSPS) is 18.0. The van der Waals surface area contributed by atoms with E-state index in [-0.39, 0.29) is 23.0 Å². The summed E-state index contributed by atoms with van der Waals surface area (Å²) in [5.41, 5.74) is 1.23. The van der Waals surface area contributed by atoms with E-state index in [1.54, 1.807) is 4.68 Å². The number of aromatic nitrogens is 2. The Kier molecular flexibility index (Phi) is 7.10. The van der Waals surface area contributed by atoms with Crippen LogP contribution in [0.3, 0.4) is 0 Å². The maximum absolute atomic E-state index is 13.9. The minimum absolute atomic E-state index is 0.0370. The largest absolute Gasteiger partial charge is 0.490 e. The lowest BCUT2D eigenvalue weighted by Gasteiger charge is -2.49. The number of rotatable bonds is 8. The van der Waals surface area contributed by atoms with Crippen molar-refractivity contribution in [1.82, 2.24) is 20.0 Å². The molecule has 0 aliphatic carbocycles. The number of hydrogen-bond acceptors (Lipinski definition) is 4. The Bertz CT molecular complexity index is 857. The molecule has 0 atom stereocenters. The van der Waals surface area contributed by atoms with E-state index < -0.39 is 0 Å². The third-order valence-electron chi connectivity index (χ3n) is 5.83. The summed E-state index contributed by atoms with van der Waals surface area (Å²) in [5, 5.41) is 8.41. The minimum atomic E-state index is -0.0384. The second-order valence-corrected chi connectivity index (χ2v) is 9.86. The highest BCUT2D eigenvalue weighted by Gasteiger charge is 2.42. The van der Waals surface area contributed by atoms with Crippen molar-refractivity contribution in [3.63, 3.8) is 0 Å². The van der Waals surface area contributed by atoms with E-state index in [2.05, 4.69) is 45.0 Å². The highest BCUT2D eigenvalue weighted by atomic mass is 16.5. The van der Waals surface area contributed by atoms with Gasteiger partial charge in [0.2, 0.25) is 0 Å². The molecule has 0 bridgehead atoms. The molecule has 1 aromatic heterocycles. The van der Waals surface area contributed by atoms with Crippen LogP contribution in [0, 0.1) is 0 Å². The average Bonchev–Trinajstić information content (AvgIpc) is 3.11. The van der Waals surface area contributed by atoms with Crippen LogP contribution in [-0.2, 0) is 0 Å². The molecular formula is C25H38N4O2. The van der Waals surface area contributed by atoms with Gasteiger partial charge in [0.25, 0.3) is 5.91 Å². The highest BCUT2D eigenvalue weighted by Crippen LogP contribution is 2.33. The lowest BCUT2D eigenvalue weighted by Crippen LogP contribution is -2.63. The molecule has 170 valence electrons. The van der Waals surface area contributed by atoms with Gasteiger partial charge in [-0.1, -0.05) is 31.5 Å². The number of benzene rings is 1. The number of nitrogens with one attached hydrogen (secondary N) is 1. The van der Waals surface area contributed by atoms with E-state index in [4.69, 9.17) is 4.74 Å². The Labute approximate surface area is 187 Å². The molecule has 6 nitrogen and oxygen atoms in total. The van der Waals surface area contributed by atoms with Crippen molar-refractivity contribution in [2.75, 3.05) is 13.2 Å². The quantitative estimate of drug-likeness (QED) is 0.657. The van der Waals surface area contributed by atoms with Crippen LogP contribution in [0.2, 0.25) is 0 Å². The molecule has 0 unspecified atom stereocenters. The van der Waals surface area contributed by atoms with Crippen molar-refractivity contribution in [1.29, 1.82) is 0 Å². The van der Waals surface area contributed by atoms with Crippen molar-refractivity contribution >= 4 is 5.91 Å². The summed E-state index contributed by atoms with van der Waals surface area (Å²) in [7, 11) is 0. The van der Waals surface area contributed by atoms with Crippen LogP contribution < -0.4 is 10.1 Å². The molecule has 1 amide bonds. The van der Waals surface area contributed by atoms with Gasteiger partial charge >= 0.3 is 0 Å². The van der Waals surface area contributed by atoms with E-state index in [1.165, 1.54) is 0 Å².